The third kappa shape index (κ3) is 3.27. The minimum Gasteiger partial charge on any atom is -0.308 e. The summed E-state index contributed by atoms with van der Waals surface area (Å²) in [6.07, 6.45) is 3.97. The number of nitrogens with zero attached hydrogens (tertiary/aromatic N) is 3. The Labute approximate surface area is 137 Å². The van der Waals surface area contributed by atoms with Crippen LogP contribution >= 0.6 is 0 Å². The van der Waals surface area contributed by atoms with Gasteiger partial charge in [0.05, 0.1) is 11.2 Å². The zero-order chi connectivity index (χ0) is 16.4. The van der Waals surface area contributed by atoms with E-state index in [4.69, 9.17) is 0 Å². The van der Waals surface area contributed by atoms with Gasteiger partial charge < -0.3 is 5.32 Å². The smallest absolute Gasteiger partial charge is 0.0749 e. The van der Waals surface area contributed by atoms with Gasteiger partial charge in [-0.25, -0.2) is 0 Å². The van der Waals surface area contributed by atoms with Crippen molar-refractivity contribution in [1.82, 2.24) is 20.1 Å². The highest BCUT2D eigenvalue weighted by atomic mass is 15.3. The average molecular weight is 308 g/mol. The van der Waals surface area contributed by atoms with Gasteiger partial charge in [-0.05, 0) is 30.0 Å². The van der Waals surface area contributed by atoms with E-state index >= 15 is 0 Å². The molecule has 1 N–H and O–H groups in total. The molecule has 0 saturated carbocycles. The maximum absolute atomic E-state index is 4.56. The van der Waals surface area contributed by atoms with E-state index in [0.29, 0.717) is 5.92 Å². The molecule has 0 aliphatic heterocycles. The summed E-state index contributed by atoms with van der Waals surface area (Å²) in [6.45, 7) is 8.13. The Morgan fingerprint density at radius 1 is 1.13 bits per heavy atom. The van der Waals surface area contributed by atoms with Gasteiger partial charge in [0.25, 0.3) is 0 Å². The van der Waals surface area contributed by atoms with Gasteiger partial charge in [0, 0.05) is 43.5 Å². The van der Waals surface area contributed by atoms with Crippen LogP contribution in [0.4, 0.5) is 0 Å². The predicted octanol–water partition coefficient (Wildman–Crippen LogP) is 3.69. The van der Waals surface area contributed by atoms with Crippen LogP contribution < -0.4 is 5.32 Å². The molecule has 0 unspecified atom stereocenters. The van der Waals surface area contributed by atoms with Crippen molar-refractivity contribution in [2.24, 2.45) is 7.05 Å². The SMILES string of the molecule is Cc1ccc(CNCc2cn(C)nc2C(C)C)c2ncccc12. The first kappa shape index (κ1) is 15.7. The van der Waals surface area contributed by atoms with E-state index in [1.165, 1.54) is 27.8 Å². The number of aromatic nitrogens is 3. The molecule has 2 heterocycles. The standard InChI is InChI=1S/C19H24N4/c1-13(2)18-16(12-23(4)22-18)11-20-10-15-8-7-14(3)17-6-5-9-21-19(15)17/h5-9,12-13,20H,10-11H2,1-4H3. The second-order valence-electron chi connectivity index (χ2n) is 6.41. The molecule has 23 heavy (non-hydrogen) atoms. The van der Waals surface area contributed by atoms with Crippen molar-refractivity contribution >= 4 is 10.9 Å². The van der Waals surface area contributed by atoms with Crippen molar-refractivity contribution in [3.63, 3.8) is 0 Å². The molecule has 0 radical (unpaired) electrons. The van der Waals surface area contributed by atoms with E-state index in [1.807, 2.05) is 24.0 Å². The third-order valence-electron chi connectivity index (χ3n) is 4.19. The summed E-state index contributed by atoms with van der Waals surface area (Å²) in [5.41, 5.74) is 6.04. The third-order valence-corrected chi connectivity index (χ3v) is 4.19. The Hall–Kier alpha value is -2.20. The summed E-state index contributed by atoms with van der Waals surface area (Å²) >= 11 is 0. The minimum atomic E-state index is 0.440. The molecular formula is C19H24N4. The van der Waals surface area contributed by atoms with Crippen molar-refractivity contribution in [2.45, 2.75) is 39.8 Å². The first-order valence-electron chi connectivity index (χ1n) is 8.12. The normalized spacial score (nSPS) is 11.5. The molecule has 3 aromatic rings. The zero-order valence-electron chi connectivity index (χ0n) is 14.3. The zero-order valence-corrected chi connectivity index (χ0v) is 14.3. The fourth-order valence-corrected chi connectivity index (χ4v) is 3.03. The summed E-state index contributed by atoms with van der Waals surface area (Å²) in [5, 5.41) is 9.34. The Morgan fingerprint density at radius 2 is 1.91 bits per heavy atom. The van der Waals surface area contributed by atoms with E-state index in [-0.39, 0.29) is 0 Å². The summed E-state index contributed by atoms with van der Waals surface area (Å²) in [5.74, 6) is 0.440. The average Bonchev–Trinajstić information content (AvgIpc) is 2.91. The molecule has 0 amide bonds. The van der Waals surface area contributed by atoms with E-state index < -0.39 is 0 Å². The lowest BCUT2D eigenvalue weighted by Crippen LogP contribution is -2.14. The fraction of sp³-hybridized carbons (Fsp3) is 0.368. The highest BCUT2D eigenvalue weighted by Gasteiger charge is 2.11. The molecule has 0 spiro atoms. The lowest BCUT2D eigenvalue weighted by Gasteiger charge is -2.10. The van der Waals surface area contributed by atoms with E-state index in [1.54, 1.807) is 0 Å². The van der Waals surface area contributed by atoms with Gasteiger partial charge >= 0.3 is 0 Å². The second kappa shape index (κ2) is 6.50. The molecule has 2 aromatic heterocycles. The van der Waals surface area contributed by atoms with E-state index in [2.05, 4.69) is 60.6 Å². The molecule has 120 valence electrons. The molecule has 0 bridgehead atoms. The molecule has 4 heteroatoms. The van der Waals surface area contributed by atoms with E-state index in [0.717, 1.165) is 18.6 Å². The van der Waals surface area contributed by atoms with Crippen LogP contribution in [0.2, 0.25) is 0 Å². The fourth-order valence-electron chi connectivity index (χ4n) is 3.03. The Morgan fingerprint density at radius 3 is 2.70 bits per heavy atom. The van der Waals surface area contributed by atoms with Crippen LogP contribution in [0.25, 0.3) is 10.9 Å². The van der Waals surface area contributed by atoms with Crippen LogP contribution in [0.5, 0.6) is 0 Å². The summed E-state index contributed by atoms with van der Waals surface area (Å²) < 4.78 is 1.90. The molecule has 0 aliphatic carbocycles. The minimum absolute atomic E-state index is 0.440. The number of nitrogens with one attached hydrogen (secondary N) is 1. The number of aryl methyl sites for hydroxylation is 2. The number of rotatable bonds is 5. The lowest BCUT2D eigenvalue weighted by molar-refractivity contribution is 0.679. The highest BCUT2D eigenvalue weighted by Crippen LogP contribution is 2.21. The molecule has 0 saturated heterocycles. The maximum atomic E-state index is 4.56. The first-order valence-corrected chi connectivity index (χ1v) is 8.12. The topological polar surface area (TPSA) is 42.7 Å². The van der Waals surface area contributed by atoms with Crippen LogP contribution in [-0.4, -0.2) is 14.8 Å². The lowest BCUT2D eigenvalue weighted by atomic mass is 10.0. The summed E-state index contributed by atoms with van der Waals surface area (Å²) in [7, 11) is 1.98. The highest BCUT2D eigenvalue weighted by molar-refractivity contribution is 5.84. The van der Waals surface area contributed by atoms with Crippen molar-refractivity contribution in [1.29, 1.82) is 0 Å². The molecule has 4 nitrogen and oxygen atoms in total. The number of fused-ring (bicyclic) bond motifs is 1. The Balaban J connectivity index is 1.76. The van der Waals surface area contributed by atoms with Gasteiger partial charge in [-0.3, -0.25) is 9.67 Å². The van der Waals surface area contributed by atoms with Crippen LogP contribution in [0.15, 0.2) is 36.7 Å². The quantitative estimate of drug-likeness (QED) is 0.781. The van der Waals surface area contributed by atoms with Crippen molar-refractivity contribution in [3.8, 4) is 0 Å². The summed E-state index contributed by atoms with van der Waals surface area (Å²) in [4.78, 5) is 4.56. The molecule has 0 fully saturated rings. The molecule has 0 atom stereocenters. The van der Waals surface area contributed by atoms with Gasteiger partial charge in [0.2, 0.25) is 0 Å². The number of pyridine rings is 1. The monoisotopic (exact) mass is 308 g/mol. The Kier molecular flexibility index (Phi) is 4.44. The number of benzene rings is 1. The number of hydrogen-bond donors (Lipinski definition) is 1. The van der Waals surface area contributed by atoms with Gasteiger partial charge in [-0.15, -0.1) is 0 Å². The van der Waals surface area contributed by atoms with Crippen molar-refractivity contribution in [2.75, 3.05) is 0 Å². The Bertz CT molecular complexity index is 817. The van der Waals surface area contributed by atoms with E-state index in [9.17, 15) is 0 Å². The second-order valence-corrected chi connectivity index (χ2v) is 6.41. The van der Waals surface area contributed by atoms with Crippen LogP contribution in [0, 0.1) is 6.92 Å². The van der Waals surface area contributed by atoms with Gasteiger partial charge in [-0.2, -0.15) is 5.10 Å². The van der Waals surface area contributed by atoms with Gasteiger partial charge in [-0.1, -0.05) is 32.0 Å². The number of hydrogen-bond acceptors (Lipinski definition) is 3. The maximum Gasteiger partial charge on any atom is 0.0749 e. The van der Waals surface area contributed by atoms with Gasteiger partial charge in [0.15, 0.2) is 0 Å². The van der Waals surface area contributed by atoms with Crippen molar-refractivity contribution in [3.05, 3.63) is 59.0 Å². The van der Waals surface area contributed by atoms with Crippen LogP contribution in [-0.2, 0) is 20.1 Å². The van der Waals surface area contributed by atoms with Crippen LogP contribution in [0.1, 0.15) is 42.1 Å². The van der Waals surface area contributed by atoms with Crippen molar-refractivity contribution < 1.29 is 0 Å². The largest absolute Gasteiger partial charge is 0.308 e. The van der Waals surface area contributed by atoms with Crippen LogP contribution in [0.3, 0.4) is 0 Å². The summed E-state index contributed by atoms with van der Waals surface area (Å²) in [6, 6.07) is 8.48. The molecule has 0 aliphatic rings. The molecule has 3 rings (SSSR count). The molecule has 1 aromatic carbocycles. The van der Waals surface area contributed by atoms with Gasteiger partial charge in [0.1, 0.15) is 0 Å². The molecular weight excluding hydrogens is 284 g/mol. The predicted molar refractivity (Wildman–Crippen MR) is 94.3 cm³/mol. The first-order chi connectivity index (χ1) is 11.1.